The monoisotopic (exact) mass is 379 g/mol. The summed E-state index contributed by atoms with van der Waals surface area (Å²) in [4.78, 5) is 17.6. The number of carbonyl (C=O) groups is 1. The summed E-state index contributed by atoms with van der Waals surface area (Å²) in [5.41, 5.74) is 4.47. The van der Waals surface area contributed by atoms with Gasteiger partial charge in [0, 0.05) is 31.8 Å². The Morgan fingerprint density at radius 2 is 2.14 bits per heavy atom. The minimum atomic E-state index is -0.101. The first-order valence-corrected chi connectivity index (χ1v) is 9.57. The largest absolute Gasteiger partial charge is 0.483 e. The molecular formula is C22H25N3O3. The van der Waals surface area contributed by atoms with Crippen molar-refractivity contribution in [2.24, 2.45) is 7.05 Å². The number of aromatic nitrogens is 2. The van der Waals surface area contributed by atoms with Crippen molar-refractivity contribution in [2.45, 2.75) is 25.9 Å². The van der Waals surface area contributed by atoms with E-state index in [-0.39, 0.29) is 12.0 Å². The molecule has 146 valence electrons. The summed E-state index contributed by atoms with van der Waals surface area (Å²) in [6.07, 6.45) is 1.56. The van der Waals surface area contributed by atoms with Crippen LogP contribution in [0.5, 0.6) is 5.75 Å². The van der Waals surface area contributed by atoms with E-state index >= 15 is 0 Å². The minimum Gasteiger partial charge on any atom is -0.483 e. The SMILES string of the molecule is COCCNC(=O)c1cc2c(nc(C)n2C)c2c1CCC(c1ccccc1)O2. The fourth-order valence-electron chi connectivity index (χ4n) is 3.77. The second-order valence-electron chi connectivity index (χ2n) is 7.12. The summed E-state index contributed by atoms with van der Waals surface area (Å²) in [5.74, 6) is 1.52. The number of amides is 1. The van der Waals surface area contributed by atoms with Crippen molar-refractivity contribution in [1.82, 2.24) is 14.9 Å². The molecule has 1 aromatic heterocycles. The Hall–Kier alpha value is -2.86. The fraction of sp³-hybridized carbons (Fsp3) is 0.364. The van der Waals surface area contributed by atoms with Crippen LogP contribution in [0.2, 0.25) is 0 Å². The Balaban J connectivity index is 1.78. The first kappa shape index (κ1) is 18.5. The van der Waals surface area contributed by atoms with Crippen LogP contribution in [0.4, 0.5) is 0 Å². The van der Waals surface area contributed by atoms with Crippen LogP contribution in [0.1, 0.15) is 39.8 Å². The van der Waals surface area contributed by atoms with Crippen LogP contribution in [0.3, 0.4) is 0 Å². The molecule has 28 heavy (non-hydrogen) atoms. The smallest absolute Gasteiger partial charge is 0.251 e. The van der Waals surface area contributed by atoms with E-state index in [9.17, 15) is 4.79 Å². The van der Waals surface area contributed by atoms with Gasteiger partial charge in [0.1, 0.15) is 17.4 Å². The van der Waals surface area contributed by atoms with E-state index in [4.69, 9.17) is 14.5 Å². The molecule has 2 heterocycles. The third-order valence-electron chi connectivity index (χ3n) is 5.38. The van der Waals surface area contributed by atoms with Crippen LogP contribution in [0, 0.1) is 6.92 Å². The first-order valence-electron chi connectivity index (χ1n) is 9.57. The van der Waals surface area contributed by atoms with Gasteiger partial charge in [0.2, 0.25) is 0 Å². The molecular weight excluding hydrogens is 354 g/mol. The number of imidazole rings is 1. The van der Waals surface area contributed by atoms with Crippen LogP contribution in [0.15, 0.2) is 36.4 Å². The molecule has 4 rings (SSSR count). The lowest BCUT2D eigenvalue weighted by molar-refractivity contribution is 0.0933. The predicted octanol–water partition coefficient (Wildman–Crippen LogP) is 3.32. The average molecular weight is 379 g/mol. The molecule has 6 heteroatoms. The van der Waals surface area contributed by atoms with Crippen LogP contribution in [0.25, 0.3) is 11.0 Å². The van der Waals surface area contributed by atoms with Crippen molar-refractivity contribution >= 4 is 16.9 Å². The van der Waals surface area contributed by atoms with Crippen molar-refractivity contribution in [3.63, 3.8) is 0 Å². The average Bonchev–Trinajstić information content (AvgIpc) is 3.02. The molecule has 0 fully saturated rings. The highest BCUT2D eigenvalue weighted by Crippen LogP contribution is 2.41. The van der Waals surface area contributed by atoms with E-state index in [1.165, 1.54) is 0 Å². The van der Waals surface area contributed by atoms with Gasteiger partial charge in [-0.05, 0) is 31.4 Å². The lowest BCUT2D eigenvalue weighted by Gasteiger charge is -2.28. The lowest BCUT2D eigenvalue weighted by Crippen LogP contribution is -2.29. The lowest BCUT2D eigenvalue weighted by atomic mass is 9.93. The van der Waals surface area contributed by atoms with Crippen LogP contribution >= 0.6 is 0 Å². The molecule has 0 saturated carbocycles. The summed E-state index contributed by atoms with van der Waals surface area (Å²) in [7, 11) is 3.58. The molecule has 0 spiro atoms. The Labute approximate surface area is 164 Å². The van der Waals surface area contributed by atoms with Crippen LogP contribution < -0.4 is 10.1 Å². The number of nitrogens with one attached hydrogen (secondary N) is 1. The summed E-state index contributed by atoms with van der Waals surface area (Å²) in [6.45, 7) is 2.91. The van der Waals surface area contributed by atoms with Crippen molar-refractivity contribution in [1.29, 1.82) is 0 Å². The molecule has 1 aliphatic rings. The predicted molar refractivity (Wildman–Crippen MR) is 108 cm³/mol. The fourth-order valence-corrected chi connectivity index (χ4v) is 3.77. The van der Waals surface area contributed by atoms with Crippen molar-refractivity contribution in [3.05, 3.63) is 58.9 Å². The van der Waals surface area contributed by atoms with Crippen LogP contribution in [-0.2, 0) is 18.2 Å². The number of carbonyl (C=O) groups excluding carboxylic acids is 1. The Bertz CT molecular complexity index is 1010. The maximum atomic E-state index is 12.9. The van der Waals surface area contributed by atoms with Gasteiger partial charge in [-0.3, -0.25) is 4.79 Å². The number of nitrogens with zero attached hydrogens (tertiary/aromatic N) is 2. The van der Waals surface area contributed by atoms with Crippen molar-refractivity contribution < 1.29 is 14.3 Å². The van der Waals surface area contributed by atoms with Crippen molar-refractivity contribution in [3.8, 4) is 5.75 Å². The molecule has 2 aromatic carbocycles. The van der Waals surface area contributed by atoms with Gasteiger partial charge in [0.15, 0.2) is 5.75 Å². The number of hydrogen-bond acceptors (Lipinski definition) is 4. The van der Waals surface area contributed by atoms with Gasteiger partial charge in [-0.2, -0.15) is 0 Å². The summed E-state index contributed by atoms with van der Waals surface area (Å²) in [6, 6.07) is 12.1. The highest BCUT2D eigenvalue weighted by atomic mass is 16.5. The third-order valence-corrected chi connectivity index (χ3v) is 5.38. The van der Waals surface area contributed by atoms with E-state index in [1.807, 2.05) is 42.8 Å². The topological polar surface area (TPSA) is 65.4 Å². The van der Waals surface area contributed by atoms with E-state index in [0.29, 0.717) is 18.7 Å². The van der Waals surface area contributed by atoms with Crippen LogP contribution in [-0.4, -0.2) is 35.7 Å². The number of rotatable bonds is 5. The molecule has 0 aliphatic carbocycles. The number of ether oxygens (including phenoxy) is 2. The molecule has 0 saturated heterocycles. The van der Waals surface area contributed by atoms with Gasteiger partial charge in [-0.1, -0.05) is 30.3 Å². The maximum absolute atomic E-state index is 12.9. The number of hydrogen-bond donors (Lipinski definition) is 1. The van der Waals surface area contributed by atoms with Gasteiger partial charge in [-0.25, -0.2) is 4.98 Å². The molecule has 1 aliphatic heterocycles. The van der Waals surface area contributed by atoms with Gasteiger partial charge in [0.05, 0.1) is 12.1 Å². The Kier molecular flexibility index (Phi) is 5.05. The highest BCUT2D eigenvalue weighted by molar-refractivity contribution is 6.01. The molecule has 1 amide bonds. The summed E-state index contributed by atoms with van der Waals surface area (Å²) in [5, 5.41) is 2.93. The molecule has 0 bridgehead atoms. The van der Waals surface area contributed by atoms with Gasteiger partial charge >= 0.3 is 0 Å². The number of benzene rings is 2. The molecule has 0 radical (unpaired) electrons. The third kappa shape index (κ3) is 3.24. The second-order valence-corrected chi connectivity index (χ2v) is 7.12. The van der Waals surface area contributed by atoms with Crippen molar-refractivity contribution in [2.75, 3.05) is 20.3 Å². The van der Waals surface area contributed by atoms with E-state index in [2.05, 4.69) is 17.4 Å². The maximum Gasteiger partial charge on any atom is 0.251 e. The highest BCUT2D eigenvalue weighted by Gasteiger charge is 2.29. The molecule has 3 aromatic rings. The van der Waals surface area contributed by atoms with Gasteiger partial charge < -0.3 is 19.4 Å². The molecule has 1 unspecified atom stereocenters. The minimum absolute atomic E-state index is 0.0361. The van der Waals surface area contributed by atoms with E-state index in [1.54, 1.807) is 7.11 Å². The van der Waals surface area contributed by atoms with Gasteiger partial charge in [-0.15, -0.1) is 0 Å². The normalized spacial score (nSPS) is 15.9. The summed E-state index contributed by atoms with van der Waals surface area (Å²) >= 11 is 0. The number of fused-ring (bicyclic) bond motifs is 3. The standard InChI is InChI=1S/C22H25N3O3/c1-14-24-20-18(25(14)2)13-17(22(26)23-11-12-27-3)16-9-10-19(28-21(16)20)15-7-5-4-6-8-15/h4-8,13,19H,9-12H2,1-3H3,(H,23,26). The zero-order chi connectivity index (χ0) is 19.7. The quantitative estimate of drug-likeness (QED) is 0.691. The Morgan fingerprint density at radius 3 is 2.89 bits per heavy atom. The molecule has 1 atom stereocenters. The summed E-state index contributed by atoms with van der Waals surface area (Å²) < 4.78 is 13.5. The molecule has 1 N–H and O–H groups in total. The van der Waals surface area contributed by atoms with Gasteiger partial charge in [0.25, 0.3) is 5.91 Å². The first-order chi connectivity index (χ1) is 13.6. The van der Waals surface area contributed by atoms with E-state index in [0.717, 1.165) is 46.6 Å². The number of methoxy groups -OCH3 is 1. The zero-order valence-electron chi connectivity index (χ0n) is 16.5. The molecule has 6 nitrogen and oxygen atoms in total. The second kappa shape index (κ2) is 7.64. The zero-order valence-corrected chi connectivity index (χ0v) is 16.5. The Morgan fingerprint density at radius 1 is 1.36 bits per heavy atom. The number of aryl methyl sites for hydroxylation is 2. The van der Waals surface area contributed by atoms with E-state index < -0.39 is 0 Å².